The van der Waals surface area contributed by atoms with Crippen LogP contribution in [0.3, 0.4) is 0 Å². The van der Waals surface area contributed by atoms with Gasteiger partial charge in [0.25, 0.3) is 0 Å². The minimum absolute atomic E-state index is 0.571. The molecule has 2 unspecified atom stereocenters. The fourth-order valence-corrected chi connectivity index (χ4v) is 2.99. The number of aromatic nitrogens is 1. The predicted molar refractivity (Wildman–Crippen MR) is 66.3 cm³/mol. The van der Waals surface area contributed by atoms with Crippen LogP contribution in [0.5, 0.6) is 0 Å². The molecule has 3 rings (SSSR count). The van der Waals surface area contributed by atoms with Gasteiger partial charge in [-0.15, -0.1) is 0 Å². The molecule has 1 aromatic heterocycles. The van der Waals surface area contributed by atoms with E-state index in [2.05, 4.69) is 22.4 Å². The average molecular weight is 235 g/mol. The highest BCUT2D eigenvalue weighted by atomic mass is 35.5. The minimum Gasteiger partial charge on any atom is -0.316 e. The second-order valence-corrected chi connectivity index (χ2v) is 5.02. The van der Waals surface area contributed by atoms with Crippen LogP contribution >= 0.6 is 11.6 Å². The van der Waals surface area contributed by atoms with Crippen molar-refractivity contribution >= 4 is 17.2 Å². The molecule has 0 radical (unpaired) electrons. The van der Waals surface area contributed by atoms with Gasteiger partial charge in [-0.2, -0.15) is 0 Å². The summed E-state index contributed by atoms with van der Waals surface area (Å²) in [5.74, 6) is 1.49. The van der Waals surface area contributed by atoms with Crippen LogP contribution in [0.1, 0.15) is 18.4 Å². The van der Waals surface area contributed by atoms with Crippen LogP contribution in [0, 0.1) is 11.8 Å². The number of pyridine rings is 1. The molecular formula is C13H15ClN2. The molecule has 0 aromatic carbocycles. The van der Waals surface area contributed by atoms with Gasteiger partial charge in [0.15, 0.2) is 0 Å². The Bertz CT molecular complexity index is 410. The summed E-state index contributed by atoms with van der Waals surface area (Å²) in [5.41, 5.74) is 2.70. The molecule has 2 nitrogen and oxygen atoms in total. The summed E-state index contributed by atoms with van der Waals surface area (Å²) in [7, 11) is 0. The Morgan fingerprint density at radius 2 is 2.25 bits per heavy atom. The first-order valence-corrected chi connectivity index (χ1v) is 6.25. The molecule has 1 aliphatic heterocycles. The highest BCUT2D eigenvalue weighted by Gasteiger charge is 2.32. The minimum atomic E-state index is 0.571. The quantitative estimate of drug-likeness (QED) is 0.756. The Kier molecular flexibility index (Phi) is 2.70. The molecule has 0 bridgehead atoms. The first-order valence-electron chi connectivity index (χ1n) is 5.87. The Morgan fingerprint density at radius 1 is 1.31 bits per heavy atom. The van der Waals surface area contributed by atoms with Crippen molar-refractivity contribution in [2.24, 2.45) is 11.8 Å². The smallest absolute Gasteiger partial charge is 0.129 e. The Balaban J connectivity index is 1.93. The molecule has 1 aromatic rings. The van der Waals surface area contributed by atoms with E-state index >= 15 is 0 Å². The number of rotatable bonds is 1. The second kappa shape index (κ2) is 4.19. The number of hydrogen-bond acceptors (Lipinski definition) is 2. The van der Waals surface area contributed by atoms with Crippen molar-refractivity contribution in [1.29, 1.82) is 0 Å². The Morgan fingerprint density at radius 3 is 3.06 bits per heavy atom. The number of fused-ring (bicyclic) bond motifs is 1. The molecule has 0 spiro atoms. The summed E-state index contributed by atoms with van der Waals surface area (Å²) < 4.78 is 0. The third-order valence-electron chi connectivity index (χ3n) is 3.70. The molecule has 1 N–H and O–H groups in total. The second-order valence-electron chi connectivity index (χ2n) is 4.63. The normalized spacial score (nSPS) is 28.7. The van der Waals surface area contributed by atoms with Crippen LogP contribution in [-0.2, 0) is 0 Å². The fourth-order valence-electron chi connectivity index (χ4n) is 2.88. The van der Waals surface area contributed by atoms with E-state index in [4.69, 9.17) is 11.6 Å². The van der Waals surface area contributed by atoms with Crippen molar-refractivity contribution in [3.05, 3.63) is 35.1 Å². The molecule has 16 heavy (non-hydrogen) atoms. The van der Waals surface area contributed by atoms with Gasteiger partial charge >= 0.3 is 0 Å². The lowest BCUT2D eigenvalue weighted by molar-refractivity contribution is 0.454. The van der Waals surface area contributed by atoms with Crippen LogP contribution in [0.2, 0.25) is 5.15 Å². The average Bonchev–Trinajstić information content (AvgIpc) is 2.78. The molecule has 1 fully saturated rings. The van der Waals surface area contributed by atoms with Gasteiger partial charge < -0.3 is 5.32 Å². The van der Waals surface area contributed by atoms with Gasteiger partial charge in [-0.1, -0.05) is 23.7 Å². The molecule has 2 atom stereocenters. The first-order chi connectivity index (χ1) is 7.84. The molecule has 1 aliphatic carbocycles. The van der Waals surface area contributed by atoms with Crippen molar-refractivity contribution in [3.63, 3.8) is 0 Å². The van der Waals surface area contributed by atoms with E-state index in [0.29, 0.717) is 11.1 Å². The van der Waals surface area contributed by atoms with Crippen molar-refractivity contribution in [3.8, 4) is 0 Å². The summed E-state index contributed by atoms with van der Waals surface area (Å²) in [4.78, 5) is 4.17. The van der Waals surface area contributed by atoms with E-state index < -0.39 is 0 Å². The zero-order chi connectivity index (χ0) is 11.0. The Labute approximate surface area is 101 Å². The molecule has 1 saturated heterocycles. The van der Waals surface area contributed by atoms with E-state index in [0.717, 1.165) is 12.5 Å². The number of nitrogens with zero attached hydrogens (tertiary/aromatic N) is 1. The fraction of sp³-hybridized carbons (Fsp3) is 0.462. The van der Waals surface area contributed by atoms with Crippen molar-refractivity contribution in [1.82, 2.24) is 10.3 Å². The lowest BCUT2D eigenvalue weighted by Crippen LogP contribution is -2.17. The van der Waals surface area contributed by atoms with Crippen LogP contribution in [-0.4, -0.2) is 18.1 Å². The standard InChI is InChI=1S/C13H15ClN2/c14-13-5-4-10(7-16-13)11-3-1-2-9-6-15-8-12(9)11/h3-5,7,9,12,15H,1-2,6,8H2. The van der Waals surface area contributed by atoms with Gasteiger partial charge in [0.05, 0.1) is 0 Å². The summed E-state index contributed by atoms with van der Waals surface area (Å²) in [6, 6.07) is 3.96. The molecule has 2 aliphatic rings. The van der Waals surface area contributed by atoms with Gasteiger partial charge in [-0.05, 0) is 42.5 Å². The molecule has 0 amide bonds. The van der Waals surface area contributed by atoms with E-state index in [1.165, 1.54) is 30.5 Å². The number of allylic oxidation sites excluding steroid dienone is 1. The SMILES string of the molecule is Clc1ccc(C2=CCCC3CNCC23)cn1. The molecule has 84 valence electrons. The largest absolute Gasteiger partial charge is 0.316 e. The van der Waals surface area contributed by atoms with Gasteiger partial charge in [0.2, 0.25) is 0 Å². The molecule has 2 heterocycles. The Hall–Kier alpha value is -0.860. The topological polar surface area (TPSA) is 24.9 Å². The third kappa shape index (κ3) is 1.76. The van der Waals surface area contributed by atoms with E-state index in [1.807, 2.05) is 12.3 Å². The van der Waals surface area contributed by atoms with Gasteiger partial charge in [0, 0.05) is 18.7 Å². The van der Waals surface area contributed by atoms with Crippen molar-refractivity contribution < 1.29 is 0 Å². The first kappa shape index (κ1) is 10.3. The van der Waals surface area contributed by atoms with Crippen LogP contribution in [0.25, 0.3) is 5.57 Å². The molecule has 0 saturated carbocycles. The molecular weight excluding hydrogens is 220 g/mol. The van der Waals surface area contributed by atoms with Crippen LogP contribution in [0.15, 0.2) is 24.4 Å². The monoisotopic (exact) mass is 234 g/mol. The highest BCUT2D eigenvalue weighted by molar-refractivity contribution is 6.29. The van der Waals surface area contributed by atoms with E-state index in [1.54, 1.807) is 0 Å². The van der Waals surface area contributed by atoms with Gasteiger partial charge in [-0.25, -0.2) is 4.98 Å². The third-order valence-corrected chi connectivity index (χ3v) is 3.93. The summed E-state index contributed by atoms with van der Waals surface area (Å²) >= 11 is 5.82. The zero-order valence-electron chi connectivity index (χ0n) is 9.12. The molecule has 3 heteroatoms. The summed E-state index contributed by atoms with van der Waals surface area (Å²) in [6.45, 7) is 2.28. The lowest BCUT2D eigenvalue weighted by Gasteiger charge is -2.26. The number of halogens is 1. The maximum absolute atomic E-state index is 5.82. The van der Waals surface area contributed by atoms with Crippen LogP contribution in [0.4, 0.5) is 0 Å². The number of nitrogens with one attached hydrogen (secondary N) is 1. The lowest BCUT2D eigenvalue weighted by atomic mass is 9.78. The summed E-state index contributed by atoms with van der Waals surface area (Å²) in [5, 5.41) is 4.06. The van der Waals surface area contributed by atoms with E-state index in [-0.39, 0.29) is 0 Å². The van der Waals surface area contributed by atoms with E-state index in [9.17, 15) is 0 Å². The summed E-state index contributed by atoms with van der Waals surface area (Å²) in [6.07, 6.45) is 6.79. The zero-order valence-corrected chi connectivity index (χ0v) is 9.87. The van der Waals surface area contributed by atoms with Gasteiger partial charge in [-0.3, -0.25) is 0 Å². The number of hydrogen-bond donors (Lipinski definition) is 1. The van der Waals surface area contributed by atoms with Crippen molar-refractivity contribution in [2.45, 2.75) is 12.8 Å². The maximum Gasteiger partial charge on any atom is 0.129 e. The van der Waals surface area contributed by atoms with Crippen LogP contribution < -0.4 is 5.32 Å². The highest BCUT2D eigenvalue weighted by Crippen LogP contribution is 2.38. The van der Waals surface area contributed by atoms with Gasteiger partial charge in [0.1, 0.15) is 5.15 Å². The predicted octanol–water partition coefficient (Wildman–Crippen LogP) is 2.75. The maximum atomic E-state index is 5.82. The van der Waals surface area contributed by atoms with Crippen molar-refractivity contribution in [2.75, 3.05) is 13.1 Å².